The zero-order valence-corrected chi connectivity index (χ0v) is 16.3. The number of morpholine rings is 1. The van der Waals surface area contributed by atoms with Crippen LogP contribution in [0.1, 0.15) is 31.9 Å². The molecule has 0 unspecified atom stereocenters. The smallest absolute Gasteiger partial charge is 0.191 e. The monoisotopic (exact) mass is 346 g/mol. The Bertz CT molecular complexity index is 528. The van der Waals surface area contributed by atoms with Crippen molar-refractivity contribution in [3.8, 4) is 0 Å². The van der Waals surface area contributed by atoms with E-state index < -0.39 is 0 Å². The third-order valence-electron chi connectivity index (χ3n) is 4.57. The maximum atomic E-state index is 5.37. The minimum absolute atomic E-state index is 0.212. The van der Waals surface area contributed by atoms with Crippen LogP contribution in [-0.4, -0.2) is 63.8 Å². The Morgan fingerprint density at radius 3 is 2.32 bits per heavy atom. The molecule has 0 aliphatic carbocycles. The fraction of sp³-hybridized carbons (Fsp3) is 0.650. The highest BCUT2D eigenvalue weighted by atomic mass is 16.5. The Labute approximate surface area is 152 Å². The van der Waals surface area contributed by atoms with Gasteiger partial charge in [0.15, 0.2) is 5.96 Å². The molecular weight excluding hydrogens is 312 g/mol. The molecule has 1 heterocycles. The molecule has 2 rings (SSSR count). The summed E-state index contributed by atoms with van der Waals surface area (Å²) in [6.45, 7) is 13.3. The van der Waals surface area contributed by atoms with E-state index in [1.807, 2.05) is 7.05 Å². The van der Waals surface area contributed by atoms with Gasteiger partial charge >= 0.3 is 0 Å². The molecule has 1 aromatic rings. The molecule has 0 atom stereocenters. The first-order chi connectivity index (χ1) is 12.0. The molecule has 0 spiro atoms. The predicted octanol–water partition coefficient (Wildman–Crippen LogP) is 2.02. The van der Waals surface area contributed by atoms with Gasteiger partial charge in [0.05, 0.1) is 13.2 Å². The van der Waals surface area contributed by atoms with Gasteiger partial charge in [0.1, 0.15) is 0 Å². The Hall–Kier alpha value is -1.59. The zero-order valence-electron chi connectivity index (χ0n) is 16.3. The van der Waals surface area contributed by atoms with Crippen molar-refractivity contribution in [1.82, 2.24) is 15.5 Å². The van der Waals surface area contributed by atoms with Crippen LogP contribution in [0, 0.1) is 0 Å². The number of hydrogen-bond donors (Lipinski definition) is 2. The lowest BCUT2D eigenvalue weighted by Crippen LogP contribution is -2.44. The fourth-order valence-corrected chi connectivity index (χ4v) is 2.87. The van der Waals surface area contributed by atoms with Gasteiger partial charge in [-0.2, -0.15) is 0 Å². The Morgan fingerprint density at radius 2 is 1.72 bits per heavy atom. The van der Waals surface area contributed by atoms with Crippen molar-refractivity contribution >= 4 is 5.96 Å². The van der Waals surface area contributed by atoms with Crippen LogP contribution >= 0.6 is 0 Å². The summed E-state index contributed by atoms with van der Waals surface area (Å²) >= 11 is 0. The molecule has 0 bridgehead atoms. The quantitative estimate of drug-likeness (QED) is 0.611. The first-order valence-corrected chi connectivity index (χ1v) is 9.33. The Kier molecular flexibility index (Phi) is 7.72. The second kappa shape index (κ2) is 9.78. The lowest BCUT2D eigenvalue weighted by Gasteiger charge is -2.26. The molecule has 1 fully saturated rings. The maximum Gasteiger partial charge on any atom is 0.191 e. The number of guanidine groups is 1. The number of nitrogens with zero attached hydrogens (tertiary/aromatic N) is 2. The molecule has 0 amide bonds. The topological polar surface area (TPSA) is 48.9 Å². The van der Waals surface area contributed by atoms with Crippen LogP contribution in [0.4, 0.5) is 0 Å². The third-order valence-corrected chi connectivity index (χ3v) is 4.57. The number of benzene rings is 1. The van der Waals surface area contributed by atoms with Crippen molar-refractivity contribution in [3.05, 3.63) is 35.4 Å². The van der Waals surface area contributed by atoms with Crippen LogP contribution in [0.15, 0.2) is 29.3 Å². The van der Waals surface area contributed by atoms with Gasteiger partial charge in [-0.3, -0.25) is 9.89 Å². The minimum atomic E-state index is 0.212. The Morgan fingerprint density at radius 1 is 1.08 bits per heavy atom. The SMILES string of the molecule is CN=C(NCCc1ccc(C(C)(C)C)cc1)NCCN1CCOCC1. The lowest BCUT2D eigenvalue weighted by molar-refractivity contribution is 0.0389. The highest BCUT2D eigenvalue weighted by Gasteiger charge is 2.13. The van der Waals surface area contributed by atoms with Gasteiger partial charge in [0.25, 0.3) is 0 Å². The van der Waals surface area contributed by atoms with Gasteiger partial charge < -0.3 is 15.4 Å². The van der Waals surface area contributed by atoms with Crippen LogP contribution in [0.5, 0.6) is 0 Å². The average molecular weight is 347 g/mol. The molecule has 0 aromatic heterocycles. The van der Waals surface area contributed by atoms with Crippen molar-refractivity contribution in [2.45, 2.75) is 32.6 Å². The summed E-state index contributed by atoms with van der Waals surface area (Å²) in [5.74, 6) is 0.875. The highest BCUT2D eigenvalue weighted by molar-refractivity contribution is 5.79. The first-order valence-electron chi connectivity index (χ1n) is 9.33. The van der Waals surface area contributed by atoms with E-state index in [2.05, 4.69) is 65.6 Å². The second-order valence-corrected chi connectivity index (χ2v) is 7.58. The van der Waals surface area contributed by atoms with E-state index in [-0.39, 0.29) is 5.41 Å². The van der Waals surface area contributed by atoms with E-state index in [9.17, 15) is 0 Å². The van der Waals surface area contributed by atoms with Crippen molar-refractivity contribution in [2.24, 2.45) is 4.99 Å². The first kappa shape index (κ1) is 19.7. The molecule has 1 saturated heterocycles. The van der Waals surface area contributed by atoms with Crippen molar-refractivity contribution in [1.29, 1.82) is 0 Å². The van der Waals surface area contributed by atoms with E-state index in [4.69, 9.17) is 4.74 Å². The van der Waals surface area contributed by atoms with Gasteiger partial charge in [-0.1, -0.05) is 45.0 Å². The molecule has 5 heteroatoms. The van der Waals surface area contributed by atoms with Gasteiger partial charge in [0, 0.05) is 39.8 Å². The van der Waals surface area contributed by atoms with E-state index in [0.717, 1.165) is 58.3 Å². The summed E-state index contributed by atoms with van der Waals surface area (Å²) in [5.41, 5.74) is 2.94. The van der Waals surface area contributed by atoms with Gasteiger partial charge in [-0.15, -0.1) is 0 Å². The number of ether oxygens (including phenoxy) is 1. The fourth-order valence-electron chi connectivity index (χ4n) is 2.87. The van der Waals surface area contributed by atoms with Crippen LogP contribution < -0.4 is 10.6 Å². The van der Waals surface area contributed by atoms with Crippen molar-refractivity contribution in [3.63, 3.8) is 0 Å². The number of hydrogen-bond acceptors (Lipinski definition) is 3. The van der Waals surface area contributed by atoms with Crippen LogP contribution in [0.2, 0.25) is 0 Å². The summed E-state index contributed by atoms with van der Waals surface area (Å²) in [7, 11) is 1.82. The van der Waals surface area contributed by atoms with E-state index >= 15 is 0 Å². The molecule has 0 radical (unpaired) electrons. The third kappa shape index (κ3) is 7.04. The molecule has 1 aromatic carbocycles. The standard InChI is InChI=1S/C20H34N4O/c1-20(2,3)18-7-5-17(6-8-18)9-10-22-19(21-4)23-11-12-24-13-15-25-16-14-24/h5-8H,9-16H2,1-4H3,(H2,21,22,23). The van der Waals surface area contributed by atoms with E-state index in [0.29, 0.717) is 0 Å². The second-order valence-electron chi connectivity index (χ2n) is 7.58. The highest BCUT2D eigenvalue weighted by Crippen LogP contribution is 2.22. The van der Waals surface area contributed by atoms with Crippen LogP contribution in [0.3, 0.4) is 0 Å². The van der Waals surface area contributed by atoms with Crippen LogP contribution in [0.25, 0.3) is 0 Å². The molecule has 140 valence electrons. The van der Waals surface area contributed by atoms with E-state index in [1.54, 1.807) is 0 Å². The molecular formula is C20H34N4O. The average Bonchev–Trinajstić information content (AvgIpc) is 2.61. The number of nitrogens with one attached hydrogen (secondary N) is 2. The normalized spacial score (nSPS) is 16.7. The summed E-state index contributed by atoms with van der Waals surface area (Å²) < 4.78 is 5.37. The predicted molar refractivity (Wildman–Crippen MR) is 105 cm³/mol. The van der Waals surface area contributed by atoms with Crippen molar-refractivity contribution < 1.29 is 4.74 Å². The number of rotatable bonds is 6. The number of aliphatic imine (C=N–C) groups is 1. The summed E-state index contributed by atoms with van der Waals surface area (Å²) in [5, 5.41) is 6.78. The molecule has 1 aliphatic rings. The van der Waals surface area contributed by atoms with E-state index in [1.165, 1.54) is 11.1 Å². The summed E-state index contributed by atoms with van der Waals surface area (Å²) in [6.07, 6.45) is 0.995. The van der Waals surface area contributed by atoms with Crippen LogP contribution in [-0.2, 0) is 16.6 Å². The summed E-state index contributed by atoms with van der Waals surface area (Å²) in [4.78, 5) is 6.72. The summed E-state index contributed by atoms with van der Waals surface area (Å²) in [6, 6.07) is 8.95. The molecule has 25 heavy (non-hydrogen) atoms. The largest absolute Gasteiger partial charge is 0.379 e. The molecule has 1 aliphatic heterocycles. The zero-order chi connectivity index (χ0) is 18.1. The lowest BCUT2D eigenvalue weighted by atomic mass is 9.86. The van der Waals surface area contributed by atoms with Gasteiger partial charge in [-0.05, 0) is 23.0 Å². The molecule has 5 nitrogen and oxygen atoms in total. The van der Waals surface area contributed by atoms with Gasteiger partial charge in [-0.25, -0.2) is 0 Å². The minimum Gasteiger partial charge on any atom is -0.379 e. The van der Waals surface area contributed by atoms with Gasteiger partial charge in [0.2, 0.25) is 0 Å². The molecule has 0 saturated carbocycles. The van der Waals surface area contributed by atoms with Crippen molar-refractivity contribution in [2.75, 3.05) is 53.0 Å². The maximum absolute atomic E-state index is 5.37. The molecule has 2 N–H and O–H groups in total. The Balaban J connectivity index is 1.66.